The zero-order chi connectivity index (χ0) is 56.4. The fourth-order valence-corrected chi connectivity index (χ4v) is 8.91. The number of hydrogen-bond donors (Lipinski definition) is 0. The maximum absolute atomic E-state index is 12.9. The number of esters is 3. The fraction of sp³-hybridized carbons (Fsp3) is 0.681. The molecular formula is C72H120O6. The van der Waals surface area contributed by atoms with Gasteiger partial charge >= 0.3 is 17.9 Å². The molecule has 0 bridgehead atoms. The summed E-state index contributed by atoms with van der Waals surface area (Å²) in [6, 6.07) is 0. The monoisotopic (exact) mass is 1080 g/mol. The smallest absolute Gasteiger partial charge is 0.306 e. The van der Waals surface area contributed by atoms with Crippen LogP contribution in [0.25, 0.3) is 0 Å². The molecule has 1 atom stereocenters. The standard InChI is InChI=1S/C72H120O6/c1-4-7-10-13-16-19-22-25-27-29-31-33-35-36-38-39-41-43-45-47-50-53-56-59-62-65-71(74)77-68-69(67-76-70(73)64-61-58-55-52-49-24-21-18-15-12-9-6-3)78-72(75)66-63-60-57-54-51-48-46-44-42-40-37-34-32-30-28-26-23-20-17-14-11-8-5-2/h7-8,10-11,16-17,19-20,25-28,31-34,36,38,40,42,69H,4-6,9,12-15,18,21-24,29-30,35,37,39,41,43-68H2,1-3H3/b10-7-,11-8-,19-16-,20-17-,27-25-,28-26-,33-31-,34-32-,38-36-,42-40-. The van der Waals surface area contributed by atoms with E-state index >= 15 is 0 Å². The van der Waals surface area contributed by atoms with Gasteiger partial charge in [0.15, 0.2) is 6.10 Å². The largest absolute Gasteiger partial charge is 0.462 e. The van der Waals surface area contributed by atoms with Crippen LogP contribution >= 0.6 is 0 Å². The minimum Gasteiger partial charge on any atom is -0.462 e. The maximum atomic E-state index is 12.9. The van der Waals surface area contributed by atoms with Crippen molar-refractivity contribution in [2.24, 2.45) is 0 Å². The zero-order valence-corrected chi connectivity index (χ0v) is 50.9. The minimum atomic E-state index is -0.789. The van der Waals surface area contributed by atoms with Crippen molar-refractivity contribution in [1.29, 1.82) is 0 Å². The first-order valence-corrected chi connectivity index (χ1v) is 32.5. The lowest BCUT2D eigenvalue weighted by atomic mass is 10.0. The summed E-state index contributed by atoms with van der Waals surface area (Å²) in [5.74, 6) is -0.895. The van der Waals surface area contributed by atoms with Crippen molar-refractivity contribution in [2.75, 3.05) is 13.2 Å². The molecule has 0 rings (SSSR count). The van der Waals surface area contributed by atoms with Crippen molar-refractivity contribution in [3.05, 3.63) is 122 Å². The van der Waals surface area contributed by atoms with Crippen LogP contribution in [0.4, 0.5) is 0 Å². The van der Waals surface area contributed by atoms with Gasteiger partial charge in [0, 0.05) is 19.3 Å². The molecule has 6 heteroatoms. The second-order valence-corrected chi connectivity index (χ2v) is 21.3. The summed E-state index contributed by atoms with van der Waals surface area (Å²) < 4.78 is 16.9. The Morgan fingerprint density at radius 3 is 0.782 bits per heavy atom. The number of carbonyl (C=O) groups excluding carboxylic acids is 3. The van der Waals surface area contributed by atoms with Gasteiger partial charge in [0.25, 0.3) is 0 Å². The first-order chi connectivity index (χ1) is 38.5. The summed E-state index contributed by atoms with van der Waals surface area (Å²) in [4.78, 5) is 38.3. The van der Waals surface area contributed by atoms with E-state index in [-0.39, 0.29) is 31.1 Å². The quantitative estimate of drug-likeness (QED) is 0.0261. The first kappa shape index (κ1) is 73.8. The van der Waals surface area contributed by atoms with E-state index in [1.807, 2.05) is 0 Å². The van der Waals surface area contributed by atoms with Crippen molar-refractivity contribution >= 4 is 17.9 Å². The maximum Gasteiger partial charge on any atom is 0.306 e. The summed E-state index contributed by atoms with van der Waals surface area (Å²) in [6.07, 6.45) is 90.6. The Balaban J connectivity index is 4.35. The lowest BCUT2D eigenvalue weighted by Crippen LogP contribution is -2.30. The Kier molecular flexibility index (Phi) is 61.8. The van der Waals surface area contributed by atoms with Crippen molar-refractivity contribution in [2.45, 2.75) is 303 Å². The van der Waals surface area contributed by atoms with Crippen LogP contribution in [-0.4, -0.2) is 37.2 Å². The van der Waals surface area contributed by atoms with Crippen LogP contribution in [0, 0.1) is 0 Å². The molecule has 0 saturated carbocycles. The molecule has 78 heavy (non-hydrogen) atoms. The summed E-state index contributed by atoms with van der Waals surface area (Å²) >= 11 is 0. The minimum absolute atomic E-state index is 0.0842. The molecule has 444 valence electrons. The normalized spacial score (nSPS) is 12.9. The molecule has 0 fully saturated rings. The summed E-state index contributed by atoms with van der Waals surface area (Å²) in [5, 5.41) is 0. The molecule has 0 spiro atoms. The highest BCUT2D eigenvalue weighted by Crippen LogP contribution is 2.16. The number of unbranched alkanes of at least 4 members (excludes halogenated alkanes) is 27. The fourth-order valence-electron chi connectivity index (χ4n) is 8.91. The molecule has 0 N–H and O–H groups in total. The highest BCUT2D eigenvalue weighted by molar-refractivity contribution is 5.71. The van der Waals surface area contributed by atoms with Crippen LogP contribution in [0.2, 0.25) is 0 Å². The van der Waals surface area contributed by atoms with E-state index in [2.05, 4.69) is 142 Å². The summed E-state index contributed by atoms with van der Waals surface area (Å²) in [6.45, 7) is 6.41. The predicted octanol–water partition coefficient (Wildman–Crippen LogP) is 22.4. The van der Waals surface area contributed by atoms with E-state index in [0.29, 0.717) is 19.3 Å². The van der Waals surface area contributed by atoms with Crippen LogP contribution < -0.4 is 0 Å². The average molecular weight is 1080 g/mol. The molecule has 0 aromatic heterocycles. The Bertz CT molecular complexity index is 1620. The van der Waals surface area contributed by atoms with Crippen molar-refractivity contribution < 1.29 is 28.6 Å². The summed E-state index contributed by atoms with van der Waals surface area (Å²) in [7, 11) is 0. The van der Waals surface area contributed by atoms with Crippen LogP contribution in [-0.2, 0) is 28.6 Å². The molecule has 0 heterocycles. The van der Waals surface area contributed by atoms with Crippen LogP contribution in [0.3, 0.4) is 0 Å². The van der Waals surface area contributed by atoms with Gasteiger partial charge in [0.1, 0.15) is 13.2 Å². The zero-order valence-electron chi connectivity index (χ0n) is 50.9. The van der Waals surface area contributed by atoms with Crippen molar-refractivity contribution in [3.8, 4) is 0 Å². The van der Waals surface area contributed by atoms with Gasteiger partial charge in [0.05, 0.1) is 0 Å². The Labute approximate surface area is 482 Å². The number of carbonyl (C=O) groups is 3. The highest BCUT2D eigenvalue weighted by Gasteiger charge is 2.19. The lowest BCUT2D eigenvalue weighted by Gasteiger charge is -2.18. The van der Waals surface area contributed by atoms with E-state index < -0.39 is 6.10 Å². The molecule has 0 aliphatic rings. The third kappa shape index (κ3) is 62.7. The van der Waals surface area contributed by atoms with Gasteiger partial charge in [-0.15, -0.1) is 0 Å². The van der Waals surface area contributed by atoms with E-state index in [1.165, 1.54) is 122 Å². The van der Waals surface area contributed by atoms with Gasteiger partial charge in [-0.25, -0.2) is 0 Å². The van der Waals surface area contributed by atoms with Gasteiger partial charge in [-0.05, 0) is 109 Å². The van der Waals surface area contributed by atoms with Crippen LogP contribution in [0.5, 0.6) is 0 Å². The molecule has 0 aliphatic carbocycles. The van der Waals surface area contributed by atoms with Crippen LogP contribution in [0.15, 0.2) is 122 Å². The molecule has 1 unspecified atom stereocenters. The third-order valence-electron chi connectivity index (χ3n) is 13.7. The van der Waals surface area contributed by atoms with Crippen molar-refractivity contribution in [3.63, 3.8) is 0 Å². The third-order valence-corrected chi connectivity index (χ3v) is 13.7. The number of ether oxygens (including phenoxy) is 3. The Morgan fingerprint density at radius 1 is 0.269 bits per heavy atom. The lowest BCUT2D eigenvalue weighted by molar-refractivity contribution is -0.167. The molecule has 0 radical (unpaired) electrons. The second kappa shape index (κ2) is 65.3. The van der Waals surface area contributed by atoms with Gasteiger partial charge in [-0.3, -0.25) is 14.4 Å². The summed E-state index contributed by atoms with van der Waals surface area (Å²) in [5.41, 5.74) is 0. The van der Waals surface area contributed by atoms with E-state index in [1.54, 1.807) is 0 Å². The molecular weight excluding hydrogens is 961 g/mol. The first-order valence-electron chi connectivity index (χ1n) is 32.5. The Morgan fingerprint density at radius 2 is 0.500 bits per heavy atom. The van der Waals surface area contributed by atoms with E-state index in [0.717, 1.165) is 135 Å². The topological polar surface area (TPSA) is 78.9 Å². The molecule has 0 saturated heterocycles. The van der Waals surface area contributed by atoms with Crippen molar-refractivity contribution in [1.82, 2.24) is 0 Å². The average Bonchev–Trinajstić information content (AvgIpc) is 3.44. The van der Waals surface area contributed by atoms with Gasteiger partial charge < -0.3 is 14.2 Å². The van der Waals surface area contributed by atoms with Gasteiger partial charge in [-0.2, -0.15) is 0 Å². The highest BCUT2D eigenvalue weighted by atomic mass is 16.6. The van der Waals surface area contributed by atoms with E-state index in [9.17, 15) is 14.4 Å². The number of rotatable bonds is 58. The van der Waals surface area contributed by atoms with Gasteiger partial charge in [-0.1, -0.05) is 290 Å². The number of hydrogen-bond acceptors (Lipinski definition) is 6. The SMILES string of the molecule is CC/C=C\C/C=C\C/C=C\C/C=C\C/C=C\CCCCCCCCCCCC(=O)OCC(COC(=O)CCCCCCCCCCCCCC)OC(=O)CCCCCCCCC/C=C\C/C=C\C/C=C\C/C=C\C/C=C\CC. The molecule has 0 aromatic rings. The van der Waals surface area contributed by atoms with E-state index in [4.69, 9.17) is 14.2 Å². The molecule has 0 amide bonds. The molecule has 0 aliphatic heterocycles. The molecule has 0 aromatic carbocycles. The van der Waals surface area contributed by atoms with Crippen LogP contribution in [0.1, 0.15) is 297 Å². The number of allylic oxidation sites excluding steroid dienone is 20. The molecule has 6 nitrogen and oxygen atoms in total. The second-order valence-electron chi connectivity index (χ2n) is 21.3. The van der Waals surface area contributed by atoms with Gasteiger partial charge in [0.2, 0.25) is 0 Å². The predicted molar refractivity (Wildman–Crippen MR) is 339 cm³/mol. The Hall–Kier alpha value is -4.19.